The van der Waals surface area contributed by atoms with Gasteiger partial charge in [0, 0.05) is 0 Å². The minimum Gasteiger partial charge on any atom is -0.460 e. The van der Waals surface area contributed by atoms with Crippen molar-refractivity contribution in [1.82, 2.24) is 9.78 Å². The van der Waals surface area contributed by atoms with E-state index in [1.165, 1.54) is 4.68 Å². The Labute approximate surface area is 81.5 Å². The van der Waals surface area contributed by atoms with Crippen LogP contribution in [0, 0.1) is 11.3 Å². The average Bonchev–Trinajstić information content (AvgIpc) is 2.56. The molecular weight excluding hydrogens is 184 g/mol. The normalized spacial score (nSPS) is 12.1. The molecule has 1 atom stereocenters. The van der Waals surface area contributed by atoms with E-state index in [9.17, 15) is 0 Å². The smallest absolute Gasteiger partial charge is 0.257 e. The number of aromatic nitrogens is 2. The topological polar surface area (TPSA) is 97.1 Å². The SMILES string of the molecule is CC(CO)n1cc(N)c(OCC#N)n1. The molecule has 0 saturated heterocycles. The fourth-order valence-corrected chi connectivity index (χ4v) is 0.911. The molecule has 6 nitrogen and oxygen atoms in total. The van der Waals surface area contributed by atoms with Crippen LogP contribution in [0.2, 0.25) is 0 Å². The summed E-state index contributed by atoms with van der Waals surface area (Å²) < 4.78 is 6.46. The van der Waals surface area contributed by atoms with Gasteiger partial charge in [-0.3, -0.25) is 4.68 Å². The largest absolute Gasteiger partial charge is 0.460 e. The predicted octanol–water partition coefficient (Wildman–Crippen LogP) is -0.0790. The second-order valence-electron chi connectivity index (χ2n) is 2.85. The monoisotopic (exact) mass is 196 g/mol. The molecule has 1 aromatic rings. The number of nitrogens with two attached hydrogens (primary N) is 1. The Kier molecular flexibility index (Phi) is 3.31. The fraction of sp³-hybridized carbons (Fsp3) is 0.500. The van der Waals surface area contributed by atoms with E-state index in [0.717, 1.165) is 0 Å². The summed E-state index contributed by atoms with van der Waals surface area (Å²) in [5.74, 6) is 0.229. The first-order valence-electron chi connectivity index (χ1n) is 4.14. The summed E-state index contributed by atoms with van der Waals surface area (Å²) >= 11 is 0. The zero-order valence-electron chi connectivity index (χ0n) is 7.84. The molecule has 0 saturated carbocycles. The van der Waals surface area contributed by atoms with E-state index in [-0.39, 0.29) is 25.1 Å². The summed E-state index contributed by atoms with van der Waals surface area (Å²) in [5.41, 5.74) is 5.94. The molecule has 3 N–H and O–H groups in total. The van der Waals surface area contributed by atoms with Gasteiger partial charge in [-0.05, 0) is 6.92 Å². The molecule has 0 fully saturated rings. The Morgan fingerprint density at radius 3 is 3.14 bits per heavy atom. The third-order valence-electron chi connectivity index (χ3n) is 1.71. The van der Waals surface area contributed by atoms with Crippen molar-refractivity contribution < 1.29 is 9.84 Å². The van der Waals surface area contributed by atoms with Crippen LogP contribution in [0.3, 0.4) is 0 Å². The highest BCUT2D eigenvalue weighted by Gasteiger charge is 2.10. The zero-order valence-corrected chi connectivity index (χ0v) is 7.84. The molecule has 0 aliphatic heterocycles. The van der Waals surface area contributed by atoms with Gasteiger partial charge in [-0.15, -0.1) is 5.10 Å². The molecule has 14 heavy (non-hydrogen) atoms. The molecule has 6 heteroatoms. The Balaban J connectivity index is 2.77. The minimum atomic E-state index is -0.156. The van der Waals surface area contributed by atoms with Crippen LogP contribution in [0.25, 0.3) is 0 Å². The van der Waals surface area contributed by atoms with Gasteiger partial charge < -0.3 is 15.6 Å². The van der Waals surface area contributed by atoms with Gasteiger partial charge >= 0.3 is 0 Å². The van der Waals surface area contributed by atoms with Crippen LogP contribution in [0.5, 0.6) is 5.88 Å². The van der Waals surface area contributed by atoms with Crippen LogP contribution in [0.1, 0.15) is 13.0 Å². The van der Waals surface area contributed by atoms with Crippen molar-refractivity contribution in [2.75, 3.05) is 18.9 Å². The lowest BCUT2D eigenvalue weighted by Gasteiger charge is -2.06. The number of nitrogen functional groups attached to an aromatic ring is 1. The van der Waals surface area contributed by atoms with Crippen molar-refractivity contribution >= 4 is 5.69 Å². The van der Waals surface area contributed by atoms with Gasteiger partial charge in [-0.25, -0.2) is 0 Å². The summed E-state index contributed by atoms with van der Waals surface area (Å²) in [5, 5.41) is 21.1. The van der Waals surface area contributed by atoms with E-state index in [1.807, 2.05) is 6.07 Å². The molecule has 0 aliphatic carbocycles. The number of aliphatic hydroxyl groups is 1. The second kappa shape index (κ2) is 4.48. The highest BCUT2D eigenvalue weighted by Crippen LogP contribution is 2.20. The van der Waals surface area contributed by atoms with Crippen LogP contribution in [-0.4, -0.2) is 28.1 Å². The standard InChI is InChI=1S/C8H12N4O2/c1-6(5-13)12-4-7(10)8(11-12)14-3-2-9/h4,6,13H,3,5,10H2,1H3. The van der Waals surface area contributed by atoms with Crippen LogP contribution in [-0.2, 0) is 0 Å². The Morgan fingerprint density at radius 1 is 1.86 bits per heavy atom. The highest BCUT2D eigenvalue weighted by molar-refractivity contribution is 5.46. The van der Waals surface area contributed by atoms with Gasteiger partial charge in [0.25, 0.3) is 5.88 Å². The number of ether oxygens (including phenoxy) is 1. The number of nitriles is 1. The second-order valence-corrected chi connectivity index (χ2v) is 2.85. The average molecular weight is 196 g/mol. The van der Waals surface area contributed by atoms with Gasteiger partial charge in [0.05, 0.1) is 18.8 Å². The Morgan fingerprint density at radius 2 is 2.57 bits per heavy atom. The summed E-state index contributed by atoms with van der Waals surface area (Å²) in [6.45, 7) is 1.67. The highest BCUT2D eigenvalue weighted by atomic mass is 16.5. The van der Waals surface area contributed by atoms with Gasteiger partial charge in [0.15, 0.2) is 6.61 Å². The van der Waals surface area contributed by atoms with Gasteiger partial charge in [0.2, 0.25) is 0 Å². The van der Waals surface area contributed by atoms with Crippen molar-refractivity contribution in [3.05, 3.63) is 6.20 Å². The first-order valence-corrected chi connectivity index (χ1v) is 4.14. The molecule has 0 aromatic carbocycles. The molecule has 0 aliphatic rings. The lowest BCUT2D eigenvalue weighted by Crippen LogP contribution is -2.09. The minimum absolute atomic E-state index is 0.0290. The molecule has 1 heterocycles. The molecule has 1 rings (SSSR count). The lowest BCUT2D eigenvalue weighted by molar-refractivity contribution is 0.227. The first-order chi connectivity index (χ1) is 6.69. The summed E-state index contributed by atoms with van der Waals surface area (Å²) in [6.07, 6.45) is 1.56. The molecule has 1 unspecified atom stereocenters. The summed E-state index contributed by atoms with van der Waals surface area (Å²) in [4.78, 5) is 0. The van der Waals surface area contributed by atoms with Crippen molar-refractivity contribution in [3.8, 4) is 11.9 Å². The van der Waals surface area contributed by atoms with Crippen molar-refractivity contribution in [2.24, 2.45) is 0 Å². The third kappa shape index (κ3) is 2.14. The van der Waals surface area contributed by atoms with Gasteiger partial charge in [-0.2, -0.15) is 5.26 Å². The number of aliphatic hydroxyl groups excluding tert-OH is 1. The number of nitrogens with zero attached hydrogens (tertiary/aromatic N) is 3. The summed E-state index contributed by atoms with van der Waals surface area (Å²) in [7, 11) is 0. The predicted molar refractivity (Wildman–Crippen MR) is 49.5 cm³/mol. The Bertz CT molecular complexity index is 342. The van der Waals surface area contributed by atoms with Crippen LogP contribution < -0.4 is 10.5 Å². The number of anilines is 1. The molecule has 0 bridgehead atoms. The number of hydrogen-bond acceptors (Lipinski definition) is 5. The van der Waals surface area contributed by atoms with E-state index in [0.29, 0.717) is 5.69 Å². The molecule has 0 amide bonds. The van der Waals surface area contributed by atoms with Crippen LogP contribution in [0.15, 0.2) is 6.20 Å². The van der Waals surface area contributed by atoms with E-state index < -0.39 is 0 Å². The molecular formula is C8H12N4O2. The van der Waals surface area contributed by atoms with E-state index in [1.54, 1.807) is 13.1 Å². The van der Waals surface area contributed by atoms with Crippen LogP contribution >= 0.6 is 0 Å². The summed E-state index contributed by atoms with van der Waals surface area (Å²) in [6, 6.07) is 1.66. The zero-order chi connectivity index (χ0) is 10.6. The fourth-order valence-electron chi connectivity index (χ4n) is 0.911. The number of rotatable bonds is 4. The van der Waals surface area contributed by atoms with Crippen LogP contribution in [0.4, 0.5) is 5.69 Å². The van der Waals surface area contributed by atoms with E-state index in [2.05, 4.69) is 5.10 Å². The lowest BCUT2D eigenvalue weighted by atomic mass is 10.4. The quantitative estimate of drug-likeness (QED) is 0.702. The molecule has 0 spiro atoms. The molecule has 0 radical (unpaired) electrons. The third-order valence-corrected chi connectivity index (χ3v) is 1.71. The maximum absolute atomic E-state index is 8.87. The van der Waals surface area contributed by atoms with E-state index in [4.69, 9.17) is 20.8 Å². The van der Waals surface area contributed by atoms with Gasteiger partial charge in [-0.1, -0.05) is 0 Å². The van der Waals surface area contributed by atoms with Gasteiger partial charge in [0.1, 0.15) is 11.8 Å². The van der Waals surface area contributed by atoms with Crippen molar-refractivity contribution in [3.63, 3.8) is 0 Å². The Hall–Kier alpha value is -1.74. The van der Waals surface area contributed by atoms with E-state index >= 15 is 0 Å². The molecule has 76 valence electrons. The molecule has 1 aromatic heterocycles. The number of hydrogen-bond donors (Lipinski definition) is 2. The first kappa shape index (κ1) is 10.3. The maximum Gasteiger partial charge on any atom is 0.257 e. The maximum atomic E-state index is 8.87. The van der Waals surface area contributed by atoms with Crippen molar-refractivity contribution in [1.29, 1.82) is 5.26 Å². The van der Waals surface area contributed by atoms with Crippen molar-refractivity contribution in [2.45, 2.75) is 13.0 Å².